The summed E-state index contributed by atoms with van der Waals surface area (Å²) in [4.78, 5) is 10.8. The molecule has 212 valence electrons. The van der Waals surface area contributed by atoms with Crippen LogP contribution in [0, 0.1) is 18.8 Å². The number of hydrogen-bond donors (Lipinski definition) is 0. The molecule has 1 saturated carbocycles. The number of aryl methyl sites for hydroxylation is 1. The fourth-order valence-corrected chi connectivity index (χ4v) is 4.51. The molecular weight excluding hydrogens is 462 g/mol. The lowest BCUT2D eigenvalue weighted by Crippen LogP contribution is -2.12. The zero-order chi connectivity index (χ0) is 28.7. The van der Waals surface area contributed by atoms with Crippen LogP contribution in [0.3, 0.4) is 0 Å². The molecule has 2 aromatic carbocycles. The van der Waals surface area contributed by atoms with E-state index in [0.717, 1.165) is 34.4 Å². The van der Waals surface area contributed by atoms with Gasteiger partial charge >= 0.3 is 0 Å². The fourth-order valence-electron chi connectivity index (χ4n) is 4.51. The smallest absolute Gasteiger partial charge is 0.139 e. The van der Waals surface area contributed by atoms with Crippen LogP contribution < -0.4 is 4.90 Å². The van der Waals surface area contributed by atoms with Crippen molar-refractivity contribution in [1.29, 1.82) is 0 Å². The summed E-state index contributed by atoms with van der Waals surface area (Å²) in [6.07, 6.45) is 9.91. The summed E-state index contributed by atoms with van der Waals surface area (Å²) in [6, 6.07) is 17.2. The van der Waals surface area contributed by atoms with Crippen molar-refractivity contribution in [3.05, 3.63) is 65.5 Å². The molecule has 0 radical (unpaired) electrons. The quantitative estimate of drug-likeness (QED) is 0.343. The van der Waals surface area contributed by atoms with E-state index in [1.54, 1.807) is 0 Å². The van der Waals surface area contributed by atoms with Gasteiger partial charge in [-0.2, -0.15) is 0 Å². The summed E-state index contributed by atoms with van der Waals surface area (Å²) < 4.78 is 0. The Morgan fingerprint density at radius 2 is 1.47 bits per heavy atom. The molecule has 0 amide bonds. The van der Waals surface area contributed by atoms with Gasteiger partial charge in [0.15, 0.2) is 0 Å². The van der Waals surface area contributed by atoms with Gasteiger partial charge in [-0.05, 0) is 53.9 Å². The molecule has 38 heavy (non-hydrogen) atoms. The highest BCUT2D eigenvalue weighted by atomic mass is 15.1. The van der Waals surface area contributed by atoms with Gasteiger partial charge in [0, 0.05) is 19.5 Å². The van der Waals surface area contributed by atoms with Gasteiger partial charge in [-0.3, -0.25) is 0 Å². The fraction of sp³-hybridized carbons (Fsp3) is 0.600. The average Bonchev–Trinajstić information content (AvgIpc) is 2.90. The first-order chi connectivity index (χ1) is 18.0. The van der Waals surface area contributed by atoms with E-state index in [1.165, 1.54) is 56.1 Å². The maximum absolute atomic E-state index is 4.42. The largest absolute Gasteiger partial charge is 0.362 e. The van der Waals surface area contributed by atoms with Crippen LogP contribution in [-0.2, 0) is 11.8 Å². The van der Waals surface area contributed by atoms with Crippen molar-refractivity contribution in [2.24, 2.45) is 11.8 Å². The maximum atomic E-state index is 4.42. The predicted octanol–water partition coefficient (Wildman–Crippen LogP) is 10.2. The van der Waals surface area contributed by atoms with E-state index in [4.69, 9.17) is 0 Å². The van der Waals surface area contributed by atoms with Gasteiger partial charge in [-0.1, -0.05) is 130 Å². The molecule has 0 saturated heterocycles. The van der Waals surface area contributed by atoms with Crippen molar-refractivity contribution in [2.75, 3.05) is 19.0 Å². The number of aromatic nitrogens is 2. The second-order valence-electron chi connectivity index (χ2n) is 11.9. The molecule has 4 rings (SSSR count). The van der Waals surface area contributed by atoms with Crippen molar-refractivity contribution in [1.82, 2.24) is 9.97 Å². The Balaban J connectivity index is 0.000000291. The van der Waals surface area contributed by atoms with Crippen molar-refractivity contribution in [2.45, 2.75) is 113 Å². The number of benzene rings is 2. The molecule has 1 heterocycles. The first-order valence-corrected chi connectivity index (χ1v) is 15.0. The lowest BCUT2D eigenvalue weighted by molar-refractivity contribution is 0.385. The minimum Gasteiger partial charge on any atom is -0.362 e. The van der Waals surface area contributed by atoms with Crippen LogP contribution >= 0.6 is 0 Å². The zero-order valence-corrected chi connectivity index (χ0v) is 26.6. The van der Waals surface area contributed by atoms with Gasteiger partial charge in [0.25, 0.3) is 0 Å². The van der Waals surface area contributed by atoms with Gasteiger partial charge < -0.3 is 4.90 Å². The summed E-state index contributed by atoms with van der Waals surface area (Å²) in [5.41, 5.74) is 4.17. The third kappa shape index (κ3) is 12.0. The van der Waals surface area contributed by atoms with Crippen molar-refractivity contribution in [3.63, 3.8) is 0 Å². The van der Waals surface area contributed by atoms with Crippen LogP contribution in [0.25, 0.3) is 10.9 Å². The lowest BCUT2D eigenvalue weighted by Gasteiger charge is -2.19. The second kappa shape index (κ2) is 17.2. The van der Waals surface area contributed by atoms with Crippen LogP contribution in [0.15, 0.2) is 48.5 Å². The van der Waals surface area contributed by atoms with E-state index in [0.29, 0.717) is 0 Å². The number of nitrogens with zero attached hydrogens (tertiary/aromatic N) is 3. The topological polar surface area (TPSA) is 29.0 Å². The van der Waals surface area contributed by atoms with Crippen LogP contribution in [-0.4, -0.2) is 24.1 Å². The minimum absolute atomic E-state index is 0.273. The Hall–Kier alpha value is -2.42. The first-order valence-electron chi connectivity index (χ1n) is 15.0. The third-order valence-corrected chi connectivity index (χ3v) is 7.11. The van der Waals surface area contributed by atoms with E-state index >= 15 is 0 Å². The van der Waals surface area contributed by atoms with Crippen LogP contribution in [0.1, 0.15) is 111 Å². The van der Waals surface area contributed by atoms with E-state index < -0.39 is 0 Å². The SMILES string of the molecule is CC.CC1CCCCC1.CCC(C)Cc1ccc(C(C)(C)C)cc1.Cc1nc(N(C)C)c2ccccc2n1. The molecule has 0 N–H and O–H groups in total. The lowest BCUT2D eigenvalue weighted by atomic mass is 9.86. The number of fused-ring (bicyclic) bond motifs is 1. The van der Waals surface area contributed by atoms with Crippen molar-refractivity contribution >= 4 is 16.7 Å². The predicted molar refractivity (Wildman–Crippen MR) is 170 cm³/mol. The van der Waals surface area contributed by atoms with E-state index in [9.17, 15) is 0 Å². The van der Waals surface area contributed by atoms with Crippen molar-refractivity contribution in [3.8, 4) is 0 Å². The van der Waals surface area contributed by atoms with Gasteiger partial charge in [0.1, 0.15) is 11.6 Å². The Bertz CT molecular complexity index is 1030. The Labute approximate surface area is 235 Å². The van der Waals surface area contributed by atoms with E-state index in [2.05, 4.69) is 75.8 Å². The van der Waals surface area contributed by atoms with E-state index in [-0.39, 0.29) is 5.41 Å². The zero-order valence-electron chi connectivity index (χ0n) is 26.6. The molecule has 1 aromatic heterocycles. The van der Waals surface area contributed by atoms with Crippen LogP contribution in [0.4, 0.5) is 5.82 Å². The standard InChI is InChI=1S/C15H24.C11H13N3.C7H14.C2H6/c1-6-12(2)11-13-7-9-14(10-8-13)15(3,4)5;1-8-12-10-7-5-4-6-9(10)11(13-8)14(2)3;1-7-5-3-2-4-6-7;1-2/h7-10,12H,6,11H2,1-5H3;4-7H,1-3H3;7H,2-6H2,1H3;1-2H3. The summed E-state index contributed by atoms with van der Waals surface area (Å²) in [5.74, 6) is 3.62. The summed E-state index contributed by atoms with van der Waals surface area (Å²) >= 11 is 0. The van der Waals surface area contributed by atoms with Crippen molar-refractivity contribution < 1.29 is 0 Å². The van der Waals surface area contributed by atoms with Crippen LogP contribution in [0.2, 0.25) is 0 Å². The third-order valence-electron chi connectivity index (χ3n) is 7.11. The molecule has 3 heteroatoms. The number of anilines is 1. The number of para-hydroxylation sites is 1. The Kier molecular flexibility index (Phi) is 15.2. The number of hydrogen-bond acceptors (Lipinski definition) is 3. The van der Waals surface area contributed by atoms with Gasteiger partial charge in [0.2, 0.25) is 0 Å². The molecule has 1 aliphatic rings. The monoisotopic (exact) mass is 519 g/mol. The normalized spacial score (nSPS) is 14.2. The maximum Gasteiger partial charge on any atom is 0.139 e. The first kappa shape index (κ1) is 33.6. The van der Waals surface area contributed by atoms with Gasteiger partial charge in [0.05, 0.1) is 5.52 Å². The van der Waals surface area contributed by atoms with Gasteiger partial charge in [-0.15, -0.1) is 0 Å². The van der Waals surface area contributed by atoms with Crippen LogP contribution in [0.5, 0.6) is 0 Å². The molecule has 1 aliphatic carbocycles. The highest BCUT2D eigenvalue weighted by Gasteiger charge is 2.13. The molecule has 0 aliphatic heterocycles. The molecule has 1 atom stereocenters. The molecule has 1 fully saturated rings. The summed E-state index contributed by atoms with van der Waals surface area (Å²) in [7, 11) is 3.99. The summed E-state index contributed by atoms with van der Waals surface area (Å²) in [5, 5.41) is 1.10. The number of rotatable bonds is 4. The van der Waals surface area contributed by atoms with E-state index in [1.807, 2.05) is 64.0 Å². The highest BCUT2D eigenvalue weighted by molar-refractivity contribution is 5.89. The molecule has 0 spiro atoms. The molecular formula is C35H57N3. The molecule has 3 aromatic rings. The Morgan fingerprint density at radius 3 is 1.95 bits per heavy atom. The molecule has 3 nitrogen and oxygen atoms in total. The summed E-state index contributed by atoms with van der Waals surface area (Å²) in [6.45, 7) is 19.6. The second-order valence-corrected chi connectivity index (χ2v) is 11.9. The minimum atomic E-state index is 0.273. The highest BCUT2D eigenvalue weighted by Crippen LogP contribution is 2.24. The molecule has 0 bridgehead atoms. The average molecular weight is 520 g/mol. The van der Waals surface area contributed by atoms with Gasteiger partial charge in [-0.25, -0.2) is 9.97 Å². The Morgan fingerprint density at radius 1 is 0.895 bits per heavy atom. The molecule has 1 unspecified atom stereocenters.